The van der Waals surface area contributed by atoms with E-state index in [1.807, 2.05) is 24.3 Å². The third kappa shape index (κ3) is 7.46. The maximum Gasteiger partial charge on any atom is 0.307 e. The van der Waals surface area contributed by atoms with Crippen molar-refractivity contribution in [2.75, 3.05) is 33.3 Å². The molecular formula is C18H28N2O4. The zero-order valence-corrected chi connectivity index (χ0v) is 14.9. The van der Waals surface area contributed by atoms with Gasteiger partial charge in [-0.2, -0.15) is 0 Å². The van der Waals surface area contributed by atoms with Gasteiger partial charge in [0.1, 0.15) is 12.4 Å². The van der Waals surface area contributed by atoms with Gasteiger partial charge in [-0.3, -0.25) is 14.5 Å². The maximum absolute atomic E-state index is 11.8. The molecule has 1 rings (SSSR count). The lowest BCUT2D eigenvalue weighted by molar-refractivity contribution is -0.142. The molecule has 6 nitrogen and oxygen atoms in total. The third-order valence-electron chi connectivity index (χ3n) is 3.66. The molecule has 0 heterocycles. The van der Waals surface area contributed by atoms with Crippen LogP contribution in [0.3, 0.4) is 0 Å². The summed E-state index contributed by atoms with van der Waals surface area (Å²) < 4.78 is 5.59. The van der Waals surface area contributed by atoms with Crippen LogP contribution < -0.4 is 10.1 Å². The normalized spacial score (nSPS) is 12.2. The lowest BCUT2D eigenvalue weighted by Crippen LogP contribution is -2.39. The molecule has 6 heteroatoms. The molecule has 0 aliphatic heterocycles. The number of nitrogens with zero attached hydrogens (tertiary/aromatic N) is 1. The number of likely N-dealkylation sites (N-methyl/N-ethyl adjacent to an activating group) is 1. The van der Waals surface area contributed by atoms with Crippen LogP contribution in [-0.2, 0) is 9.59 Å². The van der Waals surface area contributed by atoms with E-state index >= 15 is 0 Å². The van der Waals surface area contributed by atoms with Crippen LogP contribution in [0.5, 0.6) is 5.75 Å². The van der Waals surface area contributed by atoms with E-state index in [2.05, 4.69) is 19.2 Å². The van der Waals surface area contributed by atoms with Crippen LogP contribution in [0, 0.1) is 5.92 Å². The highest BCUT2D eigenvalue weighted by Gasteiger charge is 2.15. The van der Waals surface area contributed by atoms with Gasteiger partial charge in [-0.1, -0.05) is 32.9 Å². The SMILES string of the molecule is CC(CN(C)CC(=O)NCCOc1ccc(C(C)C)cc1)C(=O)O. The molecule has 0 radical (unpaired) electrons. The number of carboxylic acid groups (broad SMARTS) is 1. The lowest BCUT2D eigenvalue weighted by Gasteiger charge is -2.18. The van der Waals surface area contributed by atoms with Gasteiger partial charge >= 0.3 is 5.97 Å². The van der Waals surface area contributed by atoms with Gasteiger partial charge in [-0.25, -0.2) is 0 Å². The molecule has 0 fully saturated rings. The molecular weight excluding hydrogens is 308 g/mol. The van der Waals surface area contributed by atoms with Crippen LogP contribution in [0.25, 0.3) is 0 Å². The Morgan fingerprint density at radius 2 is 1.83 bits per heavy atom. The zero-order chi connectivity index (χ0) is 18.1. The van der Waals surface area contributed by atoms with E-state index in [4.69, 9.17) is 9.84 Å². The summed E-state index contributed by atoms with van der Waals surface area (Å²) in [5, 5.41) is 11.6. The second-order valence-electron chi connectivity index (χ2n) is 6.36. The fourth-order valence-corrected chi connectivity index (χ4v) is 2.22. The maximum atomic E-state index is 11.8. The molecule has 0 spiro atoms. The predicted molar refractivity (Wildman–Crippen MR) is 93.3 cm³/mol. The number of carboxylic acids is 1. The van der Waals surface area contributed by atoms with Crippen molar-refractivity contribution in [3.8, 4) is 5.75 Å². The van der Waals surface area contributed by atoms with Crippen molar-refractivity contribution in [2.45, 2.75) is 26.7 Å². The monoisotopic (exact) mass is 336 g/mol. The Hall–Kier alpha value is -2.08. The first-order chi connectivity index (χ1) is 11.3. The van der Waals surface area contributed by atoms with Crippen molar-refractivity contribution in [2.24, 2.45) is 5.92 Å². The van der Waals surface area contributed by atoms with E-state index in [0.717, 1.165) is 5.75 Å². The summed E-state index contributed by atoms with van der Waals surface area (Å²) in [7, 11) is 1.73. The van der Waals surface area contributed by atoms with Crippen molar-refractivity contribution in [3.05, 3.63) is 29.8 Å². The number of carbonyl (C=O) groups is 2. The summed E-state index contributed by atoms with van der Waals surface area (Å²) in [6.45, 7) is 7.20. The van der Waals surface area contributed by atoms with Crippen LogP contribution in [0.4, 0.5) is 0 Å². The first-order valence-electron chi connectivity index (χ1n) is 8.20. The van der Waals surface area contributed by atoms with Gasteiger partial charge < -0.3 is 15.2 Å². The minimum absolute atomic E-state index is 0.145. The highest BCUT2D eigenvalue weighted by molar-refractivity contribution is 5.78. The number of nitrogens with one attached hydrogen (secondary N) is 1. The Morgan fingerprint density at radius 3 is 2.38 bits per heavy atom. The average Bonchev–Trinajstić information content (AvgIpc) is 2.51. The number of amides is 1. The Bertz CT molecular complexity index is 528. The quantitative estimate of drug-likeness (QED) is 0.639. The zero-order valence-electron chi connectivity index (χ0n) is 14.9. The number of carbonyl (C=O) groups excluding carboxylic acids is 1. The molecule has 1 unspecified atom stereocenters. The summed E-state index contributed by atoms with van der Waals surface area (Å²) in [5.74, 6) is -0.242. The lowest BCUT2D eigenvalue weighted by atomic mass is 10.0. The minimum atomic E-state index is -0.862. The van der Waals surface area contributed by atoms with Crippen molar-refractivity contribution >= 4 is 11.9 Å². The molecule has 134 valence electrons. The first-order valence-corrected chi connectivity index (χ1v) is 8.20. The Balaban J connectivity index is 2.22. The fraction of sp³-hybridized carbons (Fsp3) is 0.556. The Kier molecular flexibility index (Phi) is 8.26. The van der Waals surface area contributed by atoms with Gasteiger partial charge in [0.2, 0.25) is 5.91 Å². The van der Waals surface area contributed by atoms with E-state index < -0.39 is 11.9 Å². The fourth-order valence-electron chi connectivity index (χ4n) is 2.22. The molecule has 2 N–H and O–H groups in total. The van der Waals surface area contributed by atoms with Crippen molar-refractivity contribution in [3.63, 3.8) is 0 Å². The van der Waals surface area contributed by atoms with Gasteiger partial charge in [0.25, 0.3) is 0 Å². The molecule has 0 aromatic heterocycles. The summed E-state index contributed by atoms with van der Waals surface area (Å²) in [6.07, 6.45) is 0. The molecule has 1 aromatic rings. The van der Waals surface area contributed by atoms with Gasteiger partial charge in [-0.05, 0) is 30.7 Å². The van der Waals surface area contributed by atoms with E-state index in [-0.39, 0.29) is 12.5 Å². The predicted octanol–water partition coefficient (Wildman–Crippen LogP) is 1.96. The number of hydrogen-bond donors (Lipinski definition) is 2. The third-order valence-corrected chi connectivity index (χ3v) is 3.66. The van der Waals surface area contributed by atoms with Crippen LogP contribution in [0.15, 0.2) is 24.3 Å². The van der Waals surface area contributed by atoms with Crippen molar-refractivity contribution in [1.29, 1.82) is 0 Å². The molecule has 0 bridgehead atoms. The number of ether oxygens (including phenoxy) is 1. The van der Waals surface area contributed by atoms with Crippen LogP contribution >= 0.6 is 0 Å². The molecule has 0 aliphatic rings. The topological polar surface area (TPSA) is 78.9 Å². The summed E-state index contributed by atoms with van der Waals surface area (Å²) >= 11 is 0. The van der Waals surface area contributed by atoms with E-state index in [1.165, 1.54) is 5.56 Å². The smallest absolute Gasteiger partial charge is 0.307 e. The first kappa shape index (κ1) is 20.0. The molecule has 0 saturated heterocycles. The van der Waals surface area contributed by atoms with Gasteiger partial charge in [0, 0.05) is 6.54 Å². The second-order valence-corrected chi connectivity index (χ2v) is 6.36. The number of benzene rings is 1. The van der Waals surface area contributed by atoms with Gasteiger partial charge in [-0.15, -0.1) is 0 Å². The van der Waals surface area contributed by atoms with E-state index in [9.17, 15) is 9.59 Å². The molecule has 0 saturated carbocycles. The largest absolute Gasteiger partial charge is 0.492 e. The highest BCUT2D eigenvalue weighted by atomic mass is 16.5. The molecule has 1 atom stereocenters. The standard InChI is InChI=1S/C18H28N2O4/c1-13(2)15-5-7-16(8-6-15)24-10-9-19-17(21)12-20(4)11-14(3)18(22)23/h5-8,13-14H,9-12H2,1-4H3,(H,19,21)(H,22,23). The Morgan fingerprint density at radius 1 is 1.21 bits per heavy atom. The summed E-state index contributed by atoms with van der Waals surface area (Å²) in [4.78, 5) is 24.3. The van der Waals surface area contributed by atoms with Crippen LogP contribution in [0.2, 0.25) is 0 Å². The molecule has 0 aliphatic carbocycles. The number of rotatable bonds is 10. The van der Waals surface area contributed by atoms with Crippen LogP contribution in [-0.4, -0.2) is 55.2 Å². The average molecular weight is 336 g/mol. The number of aliphatic carboxylic acids is 1. The minimum Gasteiger partial charge on any atom is -0.492 e. The van der Waals surface area contributed by atoms with Crippen molar-refractivity contribution < 1.29 is 19.4 Å². The van der Waals surface area contributed by atoms with Crippen molar-refractivity contribution in [1.82, 2.24) is 10.2 Å². The highest BCUT2D eigenvalue weighted by Crippen LogP contribution is 2.18. The van der Waals surface area contributed by atoms with E-state index in [1.54, 1.807) is 18.9 Å². The number of hydrogen-bond acceptors (Lipinski definition) is 4. The summed E-state index contributed by atoms with van der Waals surface area (Å²) in [6, 6.07) is 7.94. The van der Waals surface area contributed by atoms with Crippen LogP contribution in [0.1, 0.15) is 32.3 Å². The second kappa shape index (κ2) is 9.93. The summed E-state index contributed by atoms with van der Waals surface area (Å²) in [5.41, 5.74) is 1.26. The molecule has 1 amide bonds. The molecule has 1 aromatic carbocycles. The van der Waals surface area contributed by atoms with E-state index in [0.29, 0.717) is 25.6 Å². The Labute approximate surface area is 143 Å². The molecule has 24 heavy (non-hydrogen) atoms. The van der Waals surface area contributed by atoms with Gasteiger partial charge in [0.05, 0.1) is 19.0 Å². The van der Waals surface area contributed by atoms with Gasteiger partial charge in [0.15, 0.2) is 0 Å².